The summed E-state index contributed by atoms with van der Waals surface area (Å²) < 4.78 is 6.15. The quantitative estimate of drug-likeness (QED) is 0.475. The highest BCUT2D eigenvalue weighted by Crippen LogP contribution is 2.40. The van der Waals surface area contributed by atoms with Crippen LogP contribution in [-0.2, 0) is 9.53 Å². The van der Waals surface area contributed by atoms with Crippen LogP contribution in [-0.4, -0.2) is 11.6 Å². The van der Waals surface area contributed by atoms with Crippen LogP contribution in [0.25, 0.3) is 0 Å². The van der Waals surface area contributed by atoms with Crippen molar-refractivity contribution in [3.05, 3.63) is 0 Å². The minimum absolute atomic E-state index is 0.00653. The van der Waals surface area contributed by atoms with Crippen LogP contribution in [0.4, 0.5) is 0 Å². The zero-order valence-corrected chi connectivity index (χ0v) is 14.3. The highest BCUT2D eigenvalue weighted by atomic mass is 16.6. The number of carbonyl (C=O) groups is 1. The summed E-state index contributed by atoms with van der Waals surface area (Å²) in [4.78, 5) is 12.5. The van der Waals surface area contributed by atoms with E-state index in [9.17, 15) is 4.79 Å². The summed E-state index contributed by atoms with van der Waals surface area (Å²) in [6, 6.07) is 0. The molecule has 0 aliphatic heterocycles. The van der Waals surface area contributed by atoms with Gasteiger partial charge in [0.05, 0.1) is 5.41 Å². The number of ether oxygens (including phenoxy) is 1. The molecular formula is C18H34O2. The standard InChI is InChI=1S/C18H34O2/c1-6-17(4,5)16(19)20-18(7-2,8-3)15-13-11-9-10-12-14-15/h15H,6-14H2,1-5H3. The Morgan fingerprint density at radius 3 is 1.85 bits per heavy atom. The van der Waals surface area contributed by atoms with Crippen molar-refractivity contribution in [3.8, 4) is 0 Å². The van der Waals surface area contributed by atoms with Gasteiger partial charge in [-0.2, -0.15) is 0 Å². The van der Waals surface area contributed by atoms with E-state index in [2.05, 4.69) is 20.8 Å². The third-order valence-electron chi connectivity index (χ3n) is 5.53. The van der Waals surface area contributed by atoms with Crippen LogP contribution in [0.15, 0.2) is 0 Å². The van der Waals surface area contributed by atoms with Gasteiger partial charge in [0, 0.05) is 0 Å². The largest absolute Gasteiger partial charge is 0.458 e. The number of carbonyl (C=O) groups excluding carboxylic acids is 1. The molecule has 0 N–H and O–H groups in total. The minimum atomic E-state index is -0.361. The molecule has 0 heterocycles. The van der Waals surface area contributed by atoms with Crippen molar-refractivity contribution in [2.75, 3.05) is 0 Å². The van der Waals surface area contributed by atoms with Gasteiger partial charge in [-0.3, -0.25) is 4.79 Å². The van der Waals surface area contributed by atoms with Crippen molar-refractivity contribution in [2.24, 2.45) is 11.3 Å². The summed E-state index contributed by atoms with van der Waals surface area (Å²) >= 11 is 0. The predicted octanol–water partition coefficient (Wildman–Crippen LogP) is 5.50. The summed E-state index contributed by atoms with van der Waals surface area (Å²) in [5.41, 5.74) is -0.589. The predicted molar refractivity (Wildman–Crippen MR) is 84.7 cm³/mol. The fourth-order valence-corrected chi connectivity index (χ4v) is 3.33. The Kier molecular flexibility index (Phi) is 6.54. The molecule has 0 saturated heterocycles. The van der Waals surface area contributed by atoms with Crippen LogP contribution >= 0.6 is 0 Å². The topological polar surface area (TPSA) is 26.3 Å². The van der Waals surface area contributed by atoms with E-state index in [1.54, 1.807) is 0 Å². The average Bonchev–Trinajstić information content (AvgIpc) is 2.74. The molecule has 2 heteroatoms. The van der Waals surface area contributed by atoms with Gasteiger partial charge in [-0.15, -0.1) is 0 Å². The molecule has 0 unspecified atom stereocenters. The molecule has 0 radical (unpaired) electrons. The monoisotopic (exact) mass is 282 g/mol. The van der Waals surface area contributed by atoms with Crippen molar-refractivity contribution in [2.45, 2.75) is 98.0 Å². The minimum Gasteiger partial charge on any atom is -0.458 e. The lowest BCUT2D eigenvalue weighted by atomic mass is 9.77. The first kappa shape index (κ1) is 17.5. The summed E-state index contributed by atoms with van der Waals surface area (Å²) in [6.45, 7) is 10.4. The third kappa shape index (κ3) is 3.99. The molecule has 0 aromatic carbocycles. The fraction of sp³-hybridized carbons (Fsp3) is 0.944. The Morgan fingerprint density at radius 2 is 1.45 bits per heavy atom. The number of hydrogen-bond donors (Lipinski definition) is 0. The molecule has 1 rings (SSSR count). The lowest BCUT2D eigenvalue weighted by Gasteiger charge is -2.41. The average molecular weight is 282 g/mol. The first-order chi connectivity index (χ1) is 9.41. The van der Waals surface area contributed by atoms with E-state index in [-0.39, 0.29) is 17.0 Å². The van der Waals surface area contributed by atoms with E-state index < -0.39 is 0 Å². The molecule has 0 amide bonds. The normalized spacial score (nSPS) is 18.6. The molecule has 1 aliphatic rings. The van der Waals surface area contributed by atoms with Crippen molar-refractivity contribution >= 4 is 5.97 Å². The Hall–Kier alpha value is -0.530. The van der Waals surface area contributed by atoms with Crippen LogP contribution in [0, 0.1) is 11.3 Å². The van der Waals surface area contributed by atoms with Gasteiger partial charge in [-0.1, -0.05) is 46.5 Å². The Balaban J connectivity index is 2.87. The molecule has 0 aromatic heterocycles. The Labute approximate surface area is 125 Å². The van der Waals surface area contributed by atoms with E-state index in [1.165, 1.54) is 38.5 Å². The van der Waals surface area contributed by atoms with Crippen LogP contribution in [0.1, 0.15) is 92.4 Å². The van der Waals surface area contributed by atoms with Gasteiger partial charge in [0.25, 0.3) is 0 Å². The lowest BCUT2D eigenvalue weighted by molar-refractivity contribution is -0.179. The maximum absolute atomic E-state index is 12.5. The van der Waals surface area contributed by atoms with Gasteiger partial charge in [0.1, 0.15) is 5.60 Å². The number of rotatable bonds is 6. The SMILES string of the molecule is CCC(C)(C)C(=O)OC(CC)(CC)C1CCCCCC1. The number of esters is 1. The summed E-state index contributed by atoms with van der Waals surface area (Å²) in [5, 5.41) is 0. The first-order valence-electron chi connectivity index (χ1n) is 8.65. The van der Waals surface area contributed by atoms with E-state index in [4.69, 9.17) is 4.74 Å². The second kappa shape index (κ2) is 7.47. The molecule has 1 aliphatic carbocycles. The second-order valence-electron chi connectivity index (χ2n) is 7.09. The van der Waals surface area contributed by atoms with Crippen molar-refractivity contribution in [1.82, 2.24) is 0 Å². The van der Waals surface area contributed by atoms with Gasteiger partial charge in [0.15, 0.2) is 0 Å². The lowest BCUT2D eigenvalue weighted by Crippen LogP contribution is -2.44. The molecule has 0 bridgehead atoms. The molecule has 118 valence electrons. The van der Waals surface area contributed by atoms with Gasteiger partial charge in [-0.05, 0) is 51.9 Å². The van der Waals surface area contributed by atoms with E-state index in [0.29, 0.717) is 5.92 Å². The van der Waals surface area contributed by atoms with Crippen molar-refractivity contribution < 1.29 is 9.53 Å². The zero-order valence-electron chi connectivity index (χ0n) is 14.3. The summed E-state index contributed by atoms with van der Waals surface area (Å²) in [5.74, 6) is 0.546. The molecular weight excluding hydrogens is 248 g/mol. The summed E-state index contributed by atoms with van der Waals surface area (Å²) in [6.07, 6.45) is 10.4. The maximum Gasteiger partial charge on any atom is 0.312 e. The van der Waals surface area contributed by atoms with E-state index in [0.717, 1.165) is 19.3 Å². The number of hydrogen-bond acceptors (Lipinski definition) is 2. The molecule has 0 spiro atoms. The van der Waals surface area contributed by atoms with Gasteiger partial charge in [-0.25, -0.2) is 0 Å². The van der Waals surface area contributed by atoms with Gasteiger partial charge >= 0.3 is 5.97 Å². The third-order valence-corrected chi connectivity index (χ3v) is 5.53. The molecule has 1 fully saturated rings. The highest BCUT2D eigenvalue weighted by molar-refractivity contribution is 5.76. The van der Waals surface area contributed by atoms with E-state index >= 15 is 0 Å². The fourth-order valence-electron chi connectivity index (χ4n) is 3.33. The molecule has 0 atom stereocenters. The van der Waals surface area contributed by atoms with Crippen LogP contribution in [0.2, 0.25) is 0 Å². The second-order valence-corrected chi connectivity index (χ2v) is 7.09. The maximum atomic E-state index is 12.5. The van der Waals surface area contributed by atoms with E-state index in [1.807, 2.05) is 13.8 Å². The van der Waals surface area contributed by atoms with Crippen molar-refractivity contribution in [3.63, 3.8) is 0 Å². The molecule has 1 saturated carbocycles. The molecule has 20 heavy (non-hydrogen) atoms. The van der Waals surface area contributed by atoms with Crippen LogP contribution in [0.5, 0.6) is 0 Å². The smallest absolute Gasteiger partial charge is 0.312 e. The summed E-state index contributed by atoms with van der Waals surface area (Å²) in [7, 11) is 0. The Morgan fingerprint density at radius 1 is 0.950 bits per heavy atom. The molecule has 0 aromatic rings. The van der Waals surface area contributed by atoms with Gasteiger partial charge < -0.3 is 4.74 Å². The van der Waals surface area contributed by atoms with Gasteiger partial charge in [0.2, 0.25) is 0 Å². The Bertz CT molecular complexity index is 295. The van der Waals surface area contributed by atoms with Crippen LogP contribution < -0.4 is 0 Å². The van der Waals surface area contributed by atoms with Crippen LogP contribution in [0.3, 0.4) is 0 Å². The highest BCUT2D eigenvalue weighted by Gasteiger charge is 2.42. The van der Waals surface area contributed by atoms with Crippen molar-refractivity contribution in [1.29, 1.82) is 0 Å². The molecule has 2 nitrogen and oxygen atoms in total. The zero-order chi connectivity index (χ0) is 15.2. The first-order valence-corrected chi connectivity index (χ1v) is 8.65.